The van der Waals surface area contributed by atoms with Crippen LogP contribution in [0, 0.1) is 40.3 Å². The fraction of sp³-hybridized carbons (Fsp3) is 0.610. The normalized spacial score (nSPS) is 30.8. The van der Waals surface area contributed by atoms with Gasteiger partial charge in [-0.3, -0.25) is 14.4 Å². The number of carbonyl (C=O) groups excluding carboxylic acids is 2. The van der Waals surface area contributed by atoms with Crippen LogP contribution in [0.15, 0.2) is 47.3 Å². The standard InChI is InChI=1S/C41H52FN3O4/c1-40-19-17-28(46)25-27(40)12-13-31-33-14-16-37(41(33,2)20-18-34(31)40)49-22-8-4-3-7-21-43-38(47)32-23-26(11-15-35(32)42)24-36-29-9-5-6-10-30(29)39(48)45-44-36/h5-6,9-11,15,23,27,31,33-34,37H,3-4,7-8,12-14,16-22,24-25H2,1-2H3,(H,43,47)(H,45,48)/t27-,31-,33-,34-,37-,40-,41-/m1/s1. The van der Waals surface area contributed by atoms with Gasteiger partial charge in [0.1, 0.15) is 11.6 Å². The van der Waals surface area contributed by atoms with Crippen molar-refractivity contribution >= 4 is 22.5 Å². The molecule has 7 nitrogen and oxygen atoms in total. The Morgan fingerprint density at radius 2 is 1.73 bits per heavy atom. The predicted octanol–water partition coefficient (Wildman–Crippen LogP) is 7.94. The van der Waals surface area contributed by atoms with E-state index in [9.17, 15) is 18.8 Å². The molecule has 0 radical (unpaired) electrons. The maximum absolute atomic E-state index is 14.7. The summed E-state index contributed by atoms with van der Waals surface area (Å²) in [4.78, 5) is 37.3. The molecule has 0 spiro atoms. The minimum Gasteiger partial charge on any atom is -0.378 e. The molecule has 1 amide bonds. The number of carbonyl (C=O) groups is 2. The number of hydrogen-bond acceptors (Lipinski definition) is 5. The quantitative estimate of drug-likeness (QED) is 0.202. The molecule has 2 N–H and O–H groups in total. The fourth-order valence-electron chi connectivity index (χ4n) is 10.7. The van der Waals surface area contributed by atoms with E-state index in [1.165, 1.54) is 44.6 Å². The molecule has 262 valence electrons. The van der Waals surface area contributed by atoms with Crippen LogP contribution in [-0.4, -0.2) is 41.1 Å². The van der Waals surface area contributed by atoms with E-state index >= 15 is 0 Å². The smallest absolute Gasteiger partial charge is 0.272 e. The van der Waals surface area contributed by atoms with Gasteiger partial charge in [-0.25, -0.2) is 9.49 Å². The van der Waals surface area contributed by atoms with Crippen LogP contribution < -0.4 is 10.9 Å². The number of rotatable bonds is 11. The zero-order valence-electron chi connectivity index (χ0n) is 29.2. The molecular weight excluding hydrogens is 617 g/mol. The van der Waals surface area contributed by atoms with Gasteiger partial charge in [0, 0.05) is 37.8 Å². The van der Waals surface area contributed by atoms with E-state index in [2.05, 4.69) is 29.4 Å². The number of aromatic amines is 1. The Morgan fingerprint density at radius 1 is 0.939 bits per heavy atom. The highest BCUT2D eigenvalue weighted by Gasteiger charge is 2.60. The third kappa shape index (κ3) is 6.62. The van der Waals surface area contributed by atoms with Gasteiger partial charge in [-0.05, 0) is 116 Å². The van der Waals surface area contributed by atoms with E-state index in [1.807, 2.05) is 12.1 Å². The zero-order chi connectivity index (χ0) is 34.2. The van der Waals surface area contributed by atoms with Gasteiger partial charge in [-0.15, -0.1) is 0 Å². The summed E-state index contributed by atoms with van der Waals surface area (Å²) >= 11 is 0. The minimum absolute atomic E-state index is 0.0213. The number of fused-ring (bicyclic) bond motifs is 6. The predicted molar refractivity (Wildman–Crippen MR) is 189 cm³/mol. The summed E-state index contributed by atoms with van der Waals surface area (Å²) in [7, 11) is 0. The molecule has 4 aliphatic rings. The molecule has 4 saturated carbocycles. The number of hydrogen-bond donors (Lipinski definition) is 2. The first-order chi connectivity index (χ1) is 23.7. The average molecular weight is 670 g/mol. The molecular formula is C41H52FN3O4. The molecule has 3 aromatic rings. The number of halogens is 1. The van der Waals surface area contributed by atoms with Crippen molar-refractivity contribution in [2.75, 3.05) is 13.2 Å². The molecule has 0 bridgehead atoms. The molecule has 8 heteroatoms. The summed E-state index contributed by atoms with van der Waals surface area (Å²) in [5, 5.41) is 10.9. The molecule has 4 fully saturated rings. The first-order valence-electron chi connectivity index (χ1n) is 18.8. The Morgan fingerprint density at radius 3 is 2.59 bits per heavy atom. The monoisotopic (exact) mass is 669 g/mol. The maximum atomic E-state index is 14.7. The lowest BCUT2D eigenvalue weighted by Crippen LogP contribution is -2.54. The molecule has 1 aromatic heterocycles. The Balaban J connectivity index is 0.834. The van der Waals surface area contributed by atoms with Gasteiger partial charge in [0.25, 0.3) is 11.5 Å². The lowest BCUT2D eigenvalue weighted by molar-refractivity contribution is -0.145. The van der Waals surface area contributed by atoms with E-state index in [1.54, 1.807) is 24.3 Å². The number of H-pyrrole nitrogens is 1. The van der Waals surface area contributed by atoms with Crippen LogP contribution in [0.25, 0.3) is 10.8 Å². The molecule has 0 unspecified atom stereocenters. The highest BCUT2D eigenvalue weighted by Crippen LogP contribution is 2.66. The highest BCUT2D eigenvalue weighted by molar-refractivity contribution is 5.94. The molecule has 4 aliphatic carbocycles. The Bertz CT molecular complexity index is 1760. The summed E-state index contributed by atoms with van der Waals surface area (Å²) < 4.78 is 21.3. The van der Waals surface area contributed by atoms with Crippen LogP contribution in [0.1, 0.15) is 119 Å². The van der Waals surface area contributed by atoms with Crippen LogP contribution in [0.5, 0.6) is 0 Å². The van der Waals surface area contributed by atoms with Crippen molar-refractivity contribution in [2.24, 2.45) is 34.5 Å². The van der Waals surface area contributed by atoms with Crippen molar-refractivity contribution < 1.29 is 18.7 Å². The molecule has 2 aromatic carbocycles. The van der Waals surface area contributed by atoms with Crippen LogP contribution in [0.4, 0.5) is 4.39 Å². The van der Waals surface area contributed by atoms with Crippen molar-refractivity contribution in [1.29, 1.82) is 0 Å². The maximum Gasteiger partial charge on any atom is 0.272 e. The van der Waals surface area contributed by atoms with Crippen LogP contribution in [-0.2, 0) is 16.0 Å². The van der Waals surface area contributed by atoms with Crippen molar-refractivity contribution in [2.45, 2.75) is 110 Å². The number of amides is 1. The number of ketones is 1. The number of nitrogens with zero attached hydrogens (tertiary/aromatic N) is 1. The second-order valence-corrected chi connectivity index (χ2v) is 16.1. The summed E-state index contributed by atoms with van der Waals surface area (Å²) in [6.07, 6.45) is 14.8. The van der Waals surface area contributed by atoms with E-state index in [0.717, 1.165) is 80.3 Å². The first kappa shape index (κ1) is 34.1. The number of nitrogens with one attached hydrogen (secondary N) is 2. The first-order valence-corrected chi connectivity index (χ1v) is 18.8. The topological polar surface area (TPSA) is 101 Å². The van der Waals surface area contributed by atoms with Gasteiger partial charge in [0.05, 0.1) is 22.7 Å². The third-order valence-corrected chi connectivity index (χ3v) is 13.5. The summed E-state index contributed by atoms with van der Waals surface area (Å²) in [6, 6.07) is 11.8. The SMILES string of the molecule is C[C@@]12CCC(=O)C[C@H]1CC[C@H]1[C@H]2CC[C@]2(C)[C@@H]1CC[C@H]2OCCCCCCNC(=O)c1cc(Cc2n[nH]c(=O)c3ccccc23)ccc1F. The van der Waals surface area contributed by atoms with Gasteiger partial charge < -0.3 is 10.1 Å². The van der Waals surface area contributed by atoms with Crippen LogP contribution >= 0.6 is 0 Å². The fourth-order valence-corrected chi connectivity index (χ4v) is 10.7. The second-order valence-electron chi connectivity index (χ2n) is 16.1. The third-order valence-electron chi connectivity index (χ3n) is 13.5. The minimum atomic E-state index is -0.554. The lowest BCUT2D eigenvalue weighted by Gasteiger charge is -2.60. The van der Waals surface area contributed by atoms with Crippen molar-refractivity contribution in [3.05, 3.63) is 75.5 Å². The molecule has 7 atom stereocenters. The largest absolute Gasteiger partial charge is 0.378 e. The number of benzene rings is 2. The molecule has 7 rings (SSSR count). The highest BCUT2D eigenvalue weighted by atomic mass is 19.1. The Hall–Kier alpha value is -3.39. The van der Waals surface area contributed by atoms with Crippen molar-refractivity contribution in [1.82, 2.24) is 15.5 Å². The second kappa shape index (κ2) is 14.1. The van der Waals surface area contributed by atoms with Crippen molar-refractivity contribution in [3.63, 3.8) is 0 Å². The molecule has 1 heterocycles. The molecule has 0 aliphatic heterocycles. The van der Waals surface area contributed by atoms with Gasteiger partial charge >= 0.3 is 0 Å². The Labute approximate surface area is 289 Å². The summed E-state index contributed by atoms with van der Waals surface area (Å²) in [5.74, 6) is 2.44. The molecule has 0 saturated heterocycles. The lowest BCUT2D eigenvalue weighted by atomic mass is 9.45. The molecule has 49 heavy (non-hydrogen) atoms. The van der Waals surface area contributed by atoms with Gasteiger partial charge in [-0.2, -0.15) is 5.10 Å². The van der Waals surface area contributed by atoms with Crippen LogP contribution in [0.2, 0.25) is 0 Å². The van der Waals surface area contributed by atoms with Crippen molar-refractivity contribution in [3.8, 4) is 0 Å². The van der Waals surface area contributed by atoms with E-state index in [4.69, 9.17) is 4.74 Å². The number of Topliss-reactive ketones (excluding diaryl/α,β-unsaturated/α-hetero) is 1. The van der Waals surface area contributed by atoms with E-state index < -0.39 is 11.7 Å². The summed E-state index contributed by atoms with van der Waals surface area (Å²) in [6.45, 7) is 6.31. The number of aromatic nitrogens is 2. The van der Waals surface area contributed by atoms with Gasteiger partial charge in [-0.1, -0.05) is 51.0 Å². The van der Waals surface area contributed by atoms with Crippen LogP contribution in [0.3, 0.4) is 0 Å². The van der Waals surface area contributed by atoms with E-state index in [0.29, 0.717) is 47.3 Å². The van der Waals surface area contributed by atoms with E-state index in [-0.39, 0.29) is 16.5 Å². The number of unbranched alkanes of at least 4 members (excludes halogenated alkanes) is 3. The Kier molecular flexibility index (Phi) is 9.80. The van der Waals surface area contributed by atoms with Gasteiger partial charge in [0.15, 0.2) is 0 Å². The summed E-state index contributed by atoms with van der Waals surface area (Å²) in [5.41, 5.74) is 1.81. The average Bonchev–Trinajstić information content (AvgIpc) is 3.44. The zero-order valence-corrected chi connectivity index (χ0v) is 29.2. The number of ether oxygens (including phenoxy) is 1. The van der Waals surface area contributed by atoms with Gasteiger partial charge in [0.2, 0.25) is 0 Å².